The van der Waals surface area contributed by atoms with E-state index in [9.17, 15) is 9.59 Å². The molecule has 2 saturated heterocycles. The Morgan fingerprint density at radius 3 is 2.14 bits per heavy atom. The average Bonchev–Trinajstić information content (AvgIpc) is 2.69. The van der Waals surface area contributed by atoms with Crippen molar-refractivity contribution in [3.8, 4) is 0 Å². The summed E-state index contributed by atoms with van der Waals surface area (Å²) in [6.07, 6.45) is 5.38. The lowest BCUT2D eigenvalue weighted by atomic mass is 9.57. The maximum Gasteiger partial charge on any atom is 0.223 e. The highest BCUT2D eigenvalue weighted by atomic mass is 16.2. The molecule has 0 aromatic heterocycles. The van der Waals surface area contributed by atoms with E-state index in [0.29, 0.717) is 29.7 Å². The Morgan fingerprint density at radius 1 is 0.966 bits per heavy atom. The van der Waals surface area contributed by atoms with Crippen molar-refractivity contribution < 1.29 is 9.59 Å². The second-order valence-electron chi connectivity index (χ2n) is 10.3. The molecule has 1 N–H and O–H groups in total. The topological polar surface area (TPSA) is 55.9 Å². The Hall–Kier alpha value is -1.14. The number of hydrogen-bond donors (Lipinski definition) is 1. The van der Waals surface area contributed by atoms with Gasteiger partial charge in [0.15, 0.2) is 0 Å². The first-order chi connectivity index (χ1) is 13.8. The Balaban J connectivity index is 1.30. The lowest BCUT2D eigenvalue weighted by molar-refractivity contribution is -0.136. The molecule has 0 unspecified atom stereocenters. The summed E-state index contributed by atoms with van der Waals surface area (Å²) in [5.41, 5.74) is 0.442. The maximum absolute atomic E-state index is 12.7. The molecule has 3 rings (SSSR count). The van der Waals surface area contributed by atoms with Gasteiger partial charge in [0, 0.05) is 70.7 Å². The summed E-state index contributed by atoms with van der Waals surface area (Å²) in [7, 11) is 0. The Bertz CT molecular complexity index is 553. The summed E-state index contributed by atoms with van der Waals surface area (Å²) < 4.78 is 0. The van der Waals surface area contributed by atoms with Crippen molar-refractivity contribution >= 4 is 11.8 Å². The number of carbonyl (C=O) groups is 2. The van der Waals surface area contributed by atoms with Gasteiger partial charge in [0.2, 0.25) is 11.8 Å². The van der Waals surface area contributed by atoms with E-state index in [1.807, 2.05) is 13.8 Å². The molecule has 0 bridgehead atoms. The third-order valence-electron chi connectivity index (χ3n) is 7.49. The first kappa shape index (κ1) is 22.5. The van der Waals surface area contributed by atoms with E-state index in [1.165, 1.54) is 12.8 Å². The summed E-state index contributed by atoms with van der Waals surface area (Å²) in [4.78, 5) is 31.5. The van der Waals surface area contributed by atoms with Gasteiger partial charge in [-0.15, -0.1) is 0 Å². The van der Waals surface area contributed by atoms with Crippen LogP contribution in [0.5, 0.6) is 0 Å². The molecule has 0 aromatic carbocycles. The van der Waals surface area contributed by atoms with E-state index < -0.39 is 0 Å². The summed E-state index contributed by atoms with van der Waals surface area (Å²) in [5, 5.41) is 3.08. The normalized spacial score (nSPS) is 23.6. The number of piperidine rings is 1. The summed E-state index contributed by atoms with van der Waals surface area (Å²) >= 11 is 0. The monoisotopic (exact) mass is 406 g/mol. The molecular weight excluding hydrogens is 364 g/mol. The van der Waals surface area contributed by atoms with Crippen LogP contribution in [0.15, 0.2) is 0 Å². The maximum atomic E-state index is 12.7. The molecule has 6 nitrogen and oxygen atoms in total. The highest BCUT2D eigenvalue weighted by molar-refractivity contribution is 5.77. The molecule has 1 spiro atoms. The predicted octanol–water partition coefficient (Wildman–Crippen LogP) is 2.19. The highest BCUT2D eigenvalue weighted by Gasteiger charge is 2.46. The van der Waals surface area contributed by atoms with E-state index in [-0.39, 0.29) is 11.8 Å². The smallest absolute Gasteiger partial charge is 0.223 e. The lowest BCUT2D eigenvalue weighted by Gasteiger charge is -2.52. The van der Waals surface area contributed by atoms with E-state index >= 15 is 0 Å². The quantitative estimate of drug-likeness (QED) is 0.704. The van der Waals surface area contributed by atoms with Crippen LogP contribution in [0.2, 0.25) is 0 Å². The summed E-state index contributed by atoms with van der Waals surface area (Å²) in [6, 6.07) is 0.622. The van der Waals surface area contributed by atoms with Crippen molar-refractivity contribution in [1.29, 1.82) is 0 Å². The molecule has 0 aromatic rings. The van der Waals surface area contributed by atoms with Gasteiger partial charge in [0.1, 0.15) is 0 Å². The van der Waals surface area contributed by atoms with Gasteiger partial charge in [-0.05, 0) is 50.9 Å². The standard InChI is InChI=1S/C23H42N4O2/c1-18(2)22(29)24-17-20-15-23(16-20)6-9-27(10-7-23)21(28)5-8-25-11-13-26(14-12-25)19(3)4/h18-20H,5-17H2,1-4H3,(H,24,29). The van der Waals surface area contributed by atoms with Crippen LogP contribution >= 0.6 is 0 Å². The number of carbonyl (C=O) groups excluding carboxylic acids is 2. The Morgan fingerprint density at radius 2 is 1.59 bits per heavy atom. The number of nitrogens with one attached hydrogen (secondary N) is 1. The first-order valence-corrected chi connectivity index (χ1v) is 11.8. The summed E-state index contributed by atoms with van der Waals surface area (Å²) in [6.45, 7) is 16.4. The fourth-order valence-electron chi connectivity index (χ4n) is 5.31. The zero-order valence-corrected chi connectivity index (χ0v) is 19.1. The number of hydrogen-bond acceptors (Lipinski definition) is 4. The van der Waals surface area contributed by atoms with Gasteiger partial charge >= 0.3 is 0 Å². The van der Waals surface area contributed by atoms with Crippen molar-refractivity contribution in [2.75, 3.05) is 52.4 Å². The van der Waals surface area contributed by atoms with Crippen LogP contribution in [-0.4, -0.2) is 84.9 Å². The number of rotatable bonds is 7. The van der Waals surface area contributed by atoms with E-state index in [2.05, 4.69) is 33.9 Å². The number of nitrogens with zero attached hydrogens (tertiary/aromatic N) is 3. The Kier molecular flexibility index (Phi) is 7.60. The van der Waals surface area contributed by atoms with Crippen molar-refractivity contribution in [3.63, 3.8) is 0 Å². The summed E-state index contributed by atoms with van der Waals surface area (Å²) in [5.74, 6) is 1.20. The Labute approximate surface area is 177 Å². The predicted molar refractivity (Wildman–Crippen MR) is 117 cm³/mol. The largest absolute Gasteiger partial charge is 0.356 e. The average molecular weight is 407 g/mol. The minimum Gasteiger partial charge on any atom is -0.356 e. The molecule has 0 radical (unpaired) electrons. The molecular formula is C23H42N4O2. The molecule has 1 saturated carbocycles. The van der Waals surface area contributed by atoms with Crippen molar-refractivity contribution in [2.24, 2.45) is 17.3 Å². The molecule has 2 amide bonds. The van der Waals surface area contributed by atoms with E-state index in [1.54, 1.807) is 0 Å². The third kappa shape index (κ3) is 5.94. The van der Waals surface area contributed by atoms with Crippen LogP contribution in [-0.2, 0) is 9.59 Å². The fraction of sp³-hybridized carbons (Fsp3) is 0.913. The molecule has 6 heteroatoms. The minimum absolute atomic E-state index is 0.0670. The molecule has 0 atom stereocenters. The number of amides is 2. The van der Waals surface area contributed by atoms with Crippen LogP contribution < -0.4 is 5.32 Å². The molecule has 166 valence electrons. The van der Waals surface area contributed by atoms with Crippen LogP contribution in [0.3, 0.4) is 0 Å². The van der Waals surface area contributed by atoms with Gasteiger partial charge in [0.25, 0.3) is 0 Å². The van der Waals surface area contributed by atoms with Gasteiger partial charge in [-0.3, -0.25) is 14.5 Å². The fourth-order valence-corrected chi connectivity index (χ4v) is 5.31. The number of likely N-dealkylation sites (tertiary alicyclic amines) is 1. The minimum atomic E-state index is 0.0670. The van der Waals surface area contributed by atoms with Gasteiger partial charge < -0.3 is 15.1 Å². The highest BCUT2D eigenvalue weighted by Crippen LogP contribution is 2.52. The van der Waals surface area contributed by atoms with Crippen molar-refractivity contribution in [2.45, 2.75) is 65.8 Å². The van der Waals surface area contributed by atoms with Crippen molar-refractivity contribution in [1.82, 2.24) is 20.0 Å². The van der Waals surface area contributed by atoms with Gasteiger partial charge in [-0.2, -0.15) is 0 Å². The molecule has 1 aliphatic carbocycles. The van der Waals surface area contributed by atoms with Gasteiger partial charge in [-0.1, -0.05) is 13.8 Å². The lowest BCUT2D eigenvalue weighted by Crippen LogP contribution is -2.52. The zero-order chi connectivity index (χ0) is 21.0. The first-order valence-electron chi connectivity index (χ1n) is 11.8. The molecule has 3 fully saturated rings. The molecule has 3 aliphatic rings. The van der Waals surface area contributed by atoms with Gasteiger partial charge in [-0.25, -0.2) is 0 Å². The van der Waals surface area contributed by atoms with Crippen LogP contribution in [0, 0.1) is 17.3 Å². The molecule has 29 heavy (non-hydrogen) atoms. The number of piperazine rings is 1. The van der Waals surface area contributed by atoms with Crippen LogP contribution in [0.25, 0.3) is 0 Å². The van der Waals surface area contributed by atoms with E-state index in [4.69, 9.17) is 0 Å². The van der Waals surface area contributed by atoms with Gasteiger partial charge in [0.05, 0.1) is 0 Å². The third-order valence-corrected chi connectivity index (χ3v) is 7.49. The van der Waals surface area contributed by atoms with Crippen molar-refractivity contribution in [3.05, 3.63) is 0 Å². The molecule has 2 aliphatic heterocycles. The van der Waals surface area contributed by atoms with Crippen LogP contribution in [0.4, 0.5) is 0 Å². The second-order valence-corrected chi connectivity index (χ2v) is 10.3. The van der Waals surface area contributed by atoms with E-state index in [0.717, 1.165) is 65.2 Å². The van der Waals surface area contributed by atoms with Crippen LogP contribution in [0.1, 0.15) is 59.8 Å². The second kappa shape index (κ2) is 9.78. The molecule has 2 heterocycles. The zero-order valence-electron chi connectivity index (χ0n) is 19.1. The SMILES string of the molecule is CC(C)C(=O)NCC1CC2(CCN(C(=O)CCN3CCN(C(C)C)CC3)CC2)C1.